The highest BCUT2D eigenvalue weighted by atomic mass is 16.6. The second-order valence-corrected chi connectivity index (χ2v) is 6.69. The van der Waals surface area contributed by atoms with Crippen molar-refractivity contribution in [2.75, 3.05) is 19.6 Å². The summed E-state index contributed by atoms with van der Waals surface area (Å²) in [5.41, 5.74) is 0.572. The molecule has 3 fully saturated rings. The van der Waals surface area contributed by atoms with Crippen LogP contribution in [0.2, 0.25) is 0 Å². The van der Waals surface area contributed by atoms with Gasteiger partial charge in [0, 0.05) is 30.3 Å². The molecule has 3 saturated heterocycles. The first-order valence-corrected chi connectivity index (χ1v) is 8.48. The van der Waals surface area contributed by atoms with E-state index in [9.17, 15) is 14.9 Å². The molecule has 0 radical (unpaired) electrons. The molecule has 5 rings (SSSR count). The van der Waals surface area contributed by atoms with Gasteiger partial charge in [0.25, 0.3) is 11.6 Å². The molecule has 1 aromatic carbocycles. The Labute approximate surface area is 144 Å². The summed E-state index contributed by atoms with van der Waals surface area (Å²) in [5.74, 6) is 0.997. The minimum absolute atomic E-state index is 0.00724. The summed E-state index contributed by atoms with van der Waals surface area (Å²) in [4.78, 5) is 25.3. The van der Waals surface area contributed by atoms with E-state index in [4.69, 9.17) is 4.42 Å². The van der Waals surface area contributed by atoms with Gasteiger partial charge in [-0.25, -0.2) is 0 Å². The third kappa shape index (κ3) is 3.15. The molecule has 0 unspecified atom stereocenters. The lowest BCUT2D eigenvalue weighted by Gasteiger charge is -2.44. The van der Waals surface area contributed by atoms with Crippen molar-refractivity contribution in [1.82, 2.24) is 10.2 Å². The molecule has 0 spiro atoms. The van der Waals surface area contributed by atoms with Crippen LogP contribution in [0.25, 0.3) is 11.3 Å². The van der Waals surface area contributed by atoms with Crippen molar-refractivity contribution < 1.29 is 14.1 Å². The van der Waals surface area contributed by atoms with Crippen LogP contribution in [0, 0.1) is 16.0 Å². The van der Waals surface area contributed by atoms with Crippen LogP contribution in [0.3, 0.4) is 0 Å². The van der Waals surface area contributed by atoms with Gasteiger partial charge < -0.3 is 14.6 Å². The average molecular weight is 341 g/mol. The summed E-state index contributed by atoms with van der Waals surface area (Å²) in [7, 11) is 0. The average Bonchev–Trinajstić information content (AvgIpc) is 3.13. The van der Waals surface area contributed by atoms with E-state index in [1.54, 1.807) is 24.3 Å². The maximum Gasteiger partial charge on any atom is 0.287 e. The van der Waals surface area contributed by atoms with E-state index in [0.717, 1.165) is 32.5 Å². The Morgan fingerprint density at radius 3 is 2.72 bits per heavy atom. The molecule has 0 saturated carbocycles. The molecule has 25 heavy (non-hydrogen) atoms. The summed E-state index contributed by atoms with van der Waals surface area (Å²) >= 11 is 0. The van der Waals surface area contributed by atoms with Crippen molar-refractivity contribution in [3.63, 3.8) is 0 Å². The number of amides is 1. The summed E-state index contributed by atoms with van der Waals surface area (Å²) < 4.78 is 5.64. The predicted molar refractivity (Wildman–Crippen MR) is 91.2 cm³/mol. The molecule has 2 bridgehead atoms. The van der Waals surface area contributed by atoms with Crippen molar-refractivity contribution in [2.24, 2.45) is 5.92 Å². The van der Waals surface area contributed by atoms with Crippen LogP contribution >= 0.6 is 0 Å². The largest absolute Gasteiger partial charge is 0.451 e. The van der Waals surface area contributed by atoms with Crippen molar-refractivity contribution >= 4 is 11.6 Å². The lowest BCUT2D eigenvalue weighted by atomic mass is 9.84. The zero-order chi connectivity index (χ0) is 17.4. The second kappa shape index (κ2) is 6.33. The van der Waals surface area contributed by atoms with E-state index in [-0.39, 0.29) is 23.4 Å². The first-order valence-electron chi connectivity index (χ1n) is 8.48. The molecule has 7 nitrogen and oxygen atoms in total. The highest BCUT2D eigenvalue weighted by molar-refractivity contribution is 5.92. The molecule has 1 atom stereocenters. The molecule has 130 valence electrons. The van der Waals surface area contributed by atoms with E-state index < -0.39 is 4.92 Å². The molecule has 7 heteroatoms. The van der Waals surface area contributed by atoms with Crippen LogP contribution in [-0.2, 0) is 0 Å². The van der Waals surface area contributed by atoms with Crippen molar-refractivity contribution in [2.45, 2.75) is 18.9 Å². The molecular weight excluding hydrogens is 322 g/mol. The molecule has 1 N–H and O–H groups in total. The first kappa shape index (κ1) is 15.8. The number of nitrogens with zero attached hydrogens (tertiary/aromatic N) is 2. The number of benzene rings is 1. The number of hydrogen-bond acceptors (Lipinski definition) is 5. The van der Waals surface area contributed by atoms with Crippen LogP contribution in [0.15, 0.2) is 40.8 Å². The summed E-state index contributed by atoms with van der Waals surface area (Å²) in [6, 6.07) is 9.64. The lowest BCUT2D eigenvalue weighted by Crippen LogP contribution is -2.57. The first-order chi connectivity index (χ1) is 12.1. The molecule has 3 aliphatic heterocycles. The number of carbonyl (C=O) groups excluding carboxylic acids is 1. The van der Waals surface area contributed by atoms with Gasteiger partial charge in [0.05, 0.1) is 4.92 Å². The van der Waals surface area contributed by atoms with Gasteiger partial charge in [-0.15, -0.1) is 0 Å². The Morgan fingerprint density at radius 1 is 1.24 bits per heavy atom. The summed E-state index contributed by atoms with van der Waals surface area (Å²) in [6.07, 6.45) is 2.25. The quantitative estimate of drug-likeness (QED) is 0.682. The maximum absolute atomic E-state index is 12.5. The Kier molecular flexibility index (Phi) is 4.01. The Balaban J connectivity index is 1.48. The number of rotatable bonds is 4. The topological polar surface area (TPSA) is 88.6 Å². The van der Waals surface area contributed by atoms with Gasteiger partial charge in [0.15, 0.2) is 5.76 Å². The Morgan fingerprint density at radius 2 is 2.04 bits per heavy atom. The van der Waals surface area contributed by atoms with Crippen molar-refractivity contribution in [1.29, 1.82) is 0 Å². The van der Waals surface area contributed by atoms with E-state index in [0.29, 0.717) is 17.2 Å². The molecule has 1 aromatic heterocycles. The monoisotopic (exact) mass is 341 g/mol. The van der Waals surface area contributed by atoms with Crippen molar-refractivity contribution in [3.05, 3.63) is 52.3 Å². The zero-order valence-electron chi connectivity index (χ0n) is 13.7. The Bertz CT molecular complexity index is 808. The van der Waals surface area contributed by atoms with Crippen LogP contribution in [-0.4, -0.2) is 41.4 Å². The maximum atomic E-state index is 12.5. The summed E-state index contributed by atoms with van der Waals surface area (Å²) in [6.45, 7) is 3.14. The number of nitrogens with one attached hydrogen (secondary N) is 1. The smallest absolute Gasteiger partial charge is 0.287 e. The fourth-order valence-electron chi connectivity index (χ4n) is 3.76. The van der Waals surface area contributed by atoms with E-state index in [1.165, 1.54) is 12.1 Å². The van der Waals surface area contributed by atoms with Crippen LogP contribution < -0.4 is 5.32 Å². The SMILES string of the molecule is O=C(N[C@H]1CN2CCC1CC2)c1ccc(-c2cccc([N+](=O)[O-])c2)o1. The molecular formula is C18H19N3O4. The minimum Gasteiger partial charge on any atom is -0.451 e. The molecule has 2 aromatic rings. The van der Waals surface area contributed by atoms with Gasteiger partial charge in [-0.05, 0) is 44.0 Å². The fraction of sp³-hybridized carbons (Fsp3) is 0.389. The number of piperidine rings is 3. The molecule has 4 heterocycles. The van der Waals surface area contributed by atoms with E-state index in [2.05, 4.69) is 10.2 Å². The number of hydrogen-bond donors (Lipinski definition) is 1. The molecule has 3 aliphatic rings. The lowest BCUT2D eigenvalue weighted by molar-refractivity contribution is -0.384. The summed E-state index contributed by atoms with van der Waals surface area (Å²) in [5, 5.41) is 14.0. The van der Waals surface area contributed by atoms with Crippen LogP contribution in [0.4, 0.5) is 5.69 Å². The van der Waals surface area contributed by atoms with Gasteiger partial charge in [-0.2, -0.15) is 0 Å². The van der Waals surface area contributed by atoms with Gasteiger partial charge in [0.1, 0.15) is 5.76 Å². The van der Waals surface area contributed by atoms with Crippen LogP contribution in [0.5, 0.6) is 0 Å². The number of furan rings is 1. The predicted octanol–water partition coefficient (Wildman–Crippen LogP) is 2.68. The normalized spacial score (nSPS) is 24.9. The van der Waals surface area contributed by atoms with Crippen molar-refractivity contribution in [3.8, 4) is 11.3 Å². The van der Waals surface area contributed by atoms with Gasteiger partial charge >= 0.3 is 0 Å². The number of fused-ring (bicyclic) bond motifs is 3. The van der Waals surface area contributed by atoms with Gasteiger partial charge in [-0.3, -0.25) is 14.9 Å². The molecule has 0 aliphatic carbocycles. The number of carbonyl (C=O) groups is 1. The van der Waals surface area contributed by atoms with E-state index in [1.807, 2.05) is 0 Å². The molecule has 1 amide bonds. The second-order valence-electron chi connectivity index (χ2n) is 6.69. The number of nitro groups is 1. The highest BCUT2D eigenvalue weighted by Crippen LogP contribution is 2.29. The van der Waals surface area contributed by atoms with Crippen LogP contribution in [0.1, 0.15) is 23.4 Å². The number of nitro benzene ring substituents is 1. The van der Waals surface area contributed by atoms with Gasteiger partial charge in [0.2, 0.25) is 0 Å². The zero-order valence-corrected chi connectivity index (χ0v) is 13.7. The van der Waals surface area contributed by atoms with E-state index >= 15 is 0 Å². The standard InChI is InChI=1S/C18H19N3O4/c22-18(19-15-11-20-8-6-12(15)7-9-20)17-5-4-16(25-17)13-2-1-3-14(10-13)21(23)24/h1-5,10,12,15H,6-9,11H2,(H,19,22)/t15-/m0/s1. The third-order valence-electron chi connectivity index (χ3n) is 5.14. The Hall–Kier alpha value is -2.67. The fourth-order valence-corrected chi connectivity index (χ4v) is 3.76. The third-order valence-corrected chi connectivity index (χ3v) is 5.14. The minimum atomic E-state index is -0.451. The highest BCUT2D eigenvalue weighted by Gasteiger charge is 2.35. The van der Waals surface area contributed by atoms with Gasteiger partial charge in [-0.1, -0.05) is 12.1 Å². The number of non-ortho nitro benzene ring substituents is 1.